The first-order chi connectivity index (χ1) is 4.75. The molecular weight excluding hydrogens is 166 g/mol. The first-order valence-corrected chi connectivity index (χ1v) is 3.68. The van der Waals surface area contributed by atoms with Crippen molar-refractivity contribution in [3.8, 4) is 0 Å². The van der Waals surface area contributed by atoms with E-state index in [1.54, 1.807) is 0 Å². The van der Waals surface area contributed by atoms with Gasteiger partial charge >= 0.3 is 5.97 Å². The van der Waals surface area contributed by atoms with Crippen molar-refractivity contribution in [2.75, 3.05) is 6.54 Å². The third kappa shape index (κ3) is 2.34. The van der Waals surface area contributed by atoms with Crippen LogP contribution in [-0.4, -0.2) is 17.6 Å². The van der Waals surface area contributed by atoms with E-state index in [9.17, 15) is 4.79 Å². The maximum Gasteiger partial charge on any atom is 0.306 e. The van der Waals surface area contributed by atoms with Gasteiger partial charge in [0.1, 0.15) is 0 Å². The minimum Gasteiger partial charge on any atom is -0.481 e. The molecule has 0 aliphatic heterocycles. The van der Waals surface area contributed by atoms with Crippen molar-refractivity contribution in [2.24, 2.45) is 17.6 Å². The molecule has 1 rings (SSSR count). The molecule has 0 bridgehead atoms. The summed E-state index contributed by atoms with van der Waals surface area (Å²) in [6.45, 7) is 0.525. The second-order valence-electron chi connectivity index (χ2n) is 2.87. The Hall–Kier alpha value is -0.280. The van der Waals surface area contributed by atoms with Gasteiger partial charge in [0.05, 0.1) is 5.92 Å². The molecule has 66 valence electrons. The van der Waals surface area contributed by atoms with Gasteiger partial charge in [0.15, 0.2) is 0 Å². The van der Waals surface area contributed by atoms with Gasteiger partial charge in [-0.3, -0.25) is 4.79 Å². The quantitative estimate of drug-likeness (QED) is 0.661. The van der Waals surface area contributed by atoms with Gasteiger partial charge in [0.25, 0.3) is 0 Å². The SMILES string of the molecule is Cl.NC[C@@H]1CCC[C@@H]1C(=O)O. The molecule has 0 amide bonds. The normalized spacial score (nSPS) is 29.5. The molecule has 2 atom stereocenters. The van der Waals surface area contributed by atoms with Gasteiger partial charge in [-0.25, -0.2) is 0 Å². The minimum absolute atomic E-state index is 0. The van der Waals surface area contributed by atoms with Gasteiger partial charge < -0.3 is 10.8 Å². The molecule has 0 aromatic rings. The highest BCUT2D eigenvalue weighted by atomic mass is 35.5. The fraction of sp³-hybridized carbons (Fsp3) is 0.857. The summed E-state index contributed by atoms with van der Waals surface area (Å²) in [5.41, 5.74) is 5.40. The maximum absolute atomic E-state index is 10.5. The van der Waals surface area contributed by atoms with E-state index in [1.165, 1.54) is 0 Å². The monoisotopic (exact) mass is 179 g/mol. The molecule has 1 aliphatic carbocycles. The first kappa shape index (κ1) is 10.7. The topological polar surface area (TPSA) is 63.3 Å². The number of carbonyl (C=O) groups is 1. The average Bonchev–Trinajstić information content (AvgIpc) is 2.33. The van der Waals surface area contributed by atoms with E-state index < -0.39 is 5.97 Å². The molecule has 11 heavy (non-hydrogen) atoms. The van der Waals surface area contributed by atoms with Crippen LogP contribution in [0, 0.1) is 11.8 Å². The van der Waals surface area contributed by atoms with Crippen molar-refractivity contribution in [2.45, 2.75) is 19.3 Å². The van der Waals surface area contributed by atoms with E-state index in [-0.39, 0.29) is 24.2 Å². The number of hydrogen-bond donors (Lipinski definition) is 2. The van der Waals surface area contributed by atoms with Crippen LogP contribution in [-0.2, 0) is 4.79 Å². The summed E-state index contributed by atoms with van der Waals surface area (Å²) in [6, 6.07) is 0. The number of aliphatic carboxylic acids is 1. The molecule has 0 saturated heterocycles. The molecule has 3 N–H and O–H groups in total. The van der Waals surface area contributed by atoms with E-state index in [0.717, 1.165) is 19.3 Å². The van der Waals surface area contributed by atoms with Crippen LogP contribution in [0.3, 0.4) is 0 Å². The zero-order valence-corrected chi connectivity index (χ0v) is 7.14. The molecule has 1 aliphatic rings. The Kier molecular flexibility index (Phi) is 4.45. The molecule has 0 heterocycles. The minimum atomic E-state index is -0.673. The van der Waals surface area contributed by atoms with E-state index >= 15 is 0 Å². The number of nitrogens with two attached hydrogens (primary N) is 1. The van der Waals surface area contributed by atoms with Gasteiger partial charge in [-0.2, -0.15) is 0 Å². The van der Waals surface area contributed by atoms with Gasteiger partial charge in [-0.15, -0.1) is 12.4 Å². The fourth-order valence-electron chi connectivity index (χ4n) is 1.64. The van der Waals surface area contributed by atoms with Gasteiger partial charge in [-0.1, -0.05) is 6.42 Å². The molecule has 4 heteroatoms. The maximum atomic E-state index is 10.5. The summed E-state index contributed by atoms with van der Waals surface area (Å²) < 4.78 is 0. The highest BCUT2D eigenvalue weighted by molar-refractivity contribution is 5.85. The summed E-state index contributed by atoms with van der Waals surface area (Å²) in [5, 5.41) is 8.66. The largest absolute Gasteiger partial charge is 0.481 e. The molecule has 3 nitrogen and oxygen atoms in total. The molecule has 0 spiro atoms. The average molecular weight is 180 g/mol. The van der Waals surface area contributed by atoms with Crippen LogP contribution < -0.4 is 5.73 Å². The Morgan fingerprint density at radius 3 is 2.55 bits per heavy atom. The molecule has 0 aromatic carbocycles. The van der Waals surface area contributed by atoms with Crippen molar-refractivity contribution in [3.05, 3.63) is 0 Å². The van der Waals surface area contributed by atoms with E-state index in [4.69, 9.17) is 10.8 Å². The van der Waals surface area contributed by atoms with Crippen molar-refractivity contribution >= 4 is 18.4 Å². The van der Waals surface area contributed by atoms with Crippen LogP contribution in [0.4, 0.5) is 0 Å². The Balaban J connectivity index is 0.000001000. The van der Waals surface area contributed by atoms with Gasteiger partial charge in [0.2, 0.25) is 0 Å². The zero-order chi connectivity index (χ0) is 7.56. The van der Waals surface area contributed by atoms with Gasteiger partial charge in [0, 0.05) is 0 Å². The highest BCUT2D eigenvalue weighted by Crippen LogP contribution is 2.30. The van der Waals surface area contributed by atoms with Crippen molar-refractivity contribution in [3.63, 3.8) is 0 Å². The lowest BCUT2D eigenvalue weighted by Gasteiger charge is -2.11. The number of halogens is 1. The van der Waals surface area contributed by atoms with E-state index in [2.05, 4.69) is 0 Å². The third-order valence-corrected chi connectivity index (χ3v) is 2.28. The lowest BCUT2D eigenvalue weighted by atomic mass is 9.97. The van der Waals surface area contributed by atoms with Crippen molar-refractivity contribution < 1.29 is 9.90 Å². The smallest absolute Gasteiger partial charge is 0.306 e. The third-order valence-electron chi connectivity index (χ3n) is 2.28. The summed E-state index contributed by atoms with van der Waals surface area (Å²) in [7, 11) is 0. The Labute approximate surface area is 72.4 Å². The van der Waals surface area contributed by atoms with Gasteiger partial charge in [-0.05, 0) is 25.3 Å². The second-order valence-corrected chi connectivity index (χ2v) is 2.87. The first-order valence-electron chi connectivity index (χ1n) is 3.68. The fourth-order valence-corrected chi connectivity index (χ4v) is 1.64. The van der Waals surface area contributed by atoms with Crippen LogP contribution in [0.15, 0.2) is 0 Å². The second kappa shape index (κ2) is 4.57. The van der Waals surface area contributed by atoms with E-state index in [0.29, 0.717) is 6.54 Å². The van der Waals surface area contributed by atoms with E-state index in [1.807, 2.05) is 0 Å². The zero-order valence-electron chi connectivity index (χ0n) is 6.32. The lowest BCUT2D eigenvalue weighted by Crippen LogP contribution is -2.24. The molecule has 1 saturated carbocycles. The van der Waals surface area contributed by atoms with Crippen LogP contribution in [0.5, 0.6) is 0 Å². The number of rotatable bonds is 2. The highest BCUT2D eigenvalue weighted by Gasteiger charge is 2.31. The standard InChI is InChI=1S/C7H13NO2.ClH/c8-4-5-2-1-3-6(5)7(9)10;/h5-6H,1-4,8H2,(H,9,10);1H/t5-,6-;/m0./s1. The van der Waals surface area contributed by atoms with Crippen LogP contribution in [0.25, 0.3) is 0 Å². The Bertz CT molecular complexity index is 140. The van der Waals surface area contributed by atoms with Crippen LogP contribution >= 0.6 is 12.4 Å². The molecule has 0 aromatic heterocycles. The summed E-state index contributed by atoms with van der Waals surface area (Å²) in [6.07, 6.45) is 2.84. The molecule has 0 radical (unpaired) electrons. The predicted molar refractivity (Wildman–Crippen MR) is 44.8 cm³/mol. The lowest BCUT2D eigenvalue weighted by molar-refractivity contribution is -0.142. The molecule has 0 unspecified atom stereocenters. The summed E-state index contributed by atoms with van der Waals surface area (Å²) in [5.74, 6) is -0.601. The number of carboxylic acid groups (broad SMARTS) is 1. The molecule has 1 fully saturated rings. The van der Waals surface area contributed by atoms with Crippen LogP contribution in [0.2, 0.25) is 0 Å². The number of carboxylic acids is 1. The van der Waals surface area contributed by atoms with Crippen molar-refractivity contribution in [1.82, 2.24) is 0 Å². The molecular formula is C7H14ClNO2. The van der Waals surface area contributed by atoms with Crippen LogP contribution in [0.1, 0.15) is 19.3 Å². The Morgan fingerprint density at radius 2 is 2.18 bits per heavy atom. The number of hydrogen-bond acceptors (Lipinski definition) is 2. The predicted octanol–water partition coefficient (Wildman–Crippen LogP) is 0.868. The van der Waals surface area contributed by atoms with Crippen molar-refractivity contribution in [1.29, 1.82) is 0 Å². The summed E-state index contributed by atoms with van der Waals surface area (Å²) in [4.78, 5) is 10.5. The summed E-state index contributed by atoms with van der Waals surface area (Å²) >= 11 is 0. The Morgan fingerprint density at radius 1 is 1.55 bits per heavy atom.